The standard InChI is InChI=1S/C21H24N2O4/c24-20(22-15-6-2-5-12-21(25)23-26)14-13-17-8-7-11-19(16-17)27-18-9-3-1-4-10-18/h1,3-4,7-11,13-14,16,26H,2,5-6,12,15H2,(H,22,24)(H,23,25). The lowest BCUT2D eigenvalue weighted by molar-refractivity contribution is -0.129. The molecule has 0 bridgehead atoms. The van der Waals surface area contributed by atoms with E-state index >= 15 is 0 Å². The second kappa shape index (κ2) is 11.5. The van der Waals surface area contributed by atoms with Crippen LogP contribution >= 0.6 is 0 Å². The zero-order chi connectivity index (χ0) is 19.3. The molecule has 0 unspecified atom stereocenters. The summed E-state index contributed by atoms with van der Waals surface area (Å²) in [5.74, 6) is 0.904. The van der Waals surface area contributed by atoms with E-state index in [-0.39, 0.29) is 18.2 Å². The highest BCUT2D eigenvalue weighted by atomic mass is 16.5. The smallest absolute Gasteiger partial charge is 0.243 e. The van der Waals surface area contributed by atoms with Crippen molar-refractivity contribution in [3.63, 3.8) is 0 Å². The van der Waals surface area contributed by atoms with E-state index < -0.39 is 0 Å². The van der Waals surface area contributed by atoms with Crippen LogP contribution in [0.15, 0.2) is 60.7 Å². The van der Waals surface area contributed by atoms with E-state index in [1.54, 1.807) is 11.6 Å². The predicted octanol–water partition coefficient (Wildman–Crippen LogP) is 3.67. The number of hydrogen-bond acceptors (Lipinski definition) is 4. The highest BCUT2D eigenvalue weighted by Crippen LogP contribution is 2.22. The van der Waals surface area contributed by atoms with E-state index in [4.69, 9.17) is 9.94 Å². The Hall–Kier alpha value is -3.12. The Labute approximate surface area is 158 Å². The molecule has 6 heteroatoms. The molecule has 27 heavy (non-hydrogen) atoms. The predicted molar refractivity (Wildman–Crippen MR) is 103 cm³/mol. The summed E-state index contributed by atoms with van der Waals surface area (Å²) < 4.78 is 5.77. The van der Waals surface area contributed by atoms with Crippen LogP contribution in [-0.4, -0.2) is 23.6 Å². The summed E-state index contributed by atoms with van der Waals surface area (Å²) in [5.41, 5.74) is 2.47. The first-order valence-corrected chi connectivity index (χ1v) is 8.89. The fourth-order valence-electron chi connectivity index (χ4n) is 2.39. The fraction of sp³-hybridized carbons (Fsp3) is 0.238. The summed E-state index contributed by atoms with van der Waals surface area (Å²) >= 11 is 0. The van der Waals surface area contributed by atoms with E-state index in [0.29, 0.717) is 18.7 Å². The number of carbonyl (C=O) groups excluding carboxylic acids is 2. The van der Waals surface area contributed by atoms with Gasteiger partial charge in [0, 0.05) is 19.0 Å². The Kier molecular flexibility index (Phi) is 8.59. The van der Waals surface area contributed by atoms with Crippen LogP contribution in [0, 0.1) is 0 Å². The van der Waals surface area contributed by atoms with E-state index in [1.807, 2.05) is 54.6 Å². The van der Waals surface area contributed by atoms with Crippen molar-refractivity contribution in [1.29, 1.82) is 0 Å². The SMILES string of the molecule is O=C(C=Cc1cccc(Oc2ccccc2)c1)NCCCCCC(=O)NO. The average molecular weight is 368 g/mol. The third-order valence-corrected chi connectivity index (χ3v) is 3.77. The van der Waals surface area contributed by atoms with Crippen LogP contribution in [0.1, 0.15) is 31.2 Å². The lowest BCUT2D eigenvalue weighted by Crippen LogP contribution is -2.22. The van der Waals surface area contributed by atoms with Gasteiger partial charge in [0.2, 0.25) is 11.8 Å². The summed E-state index contributed by atoms with van der Waals surface area (Å²) in [6.07, 6.45) is 5.76. The minimum atomic E-state index is -0.388. The maximum Gasteiger partial charge on any atom is 0.243 e. The van der Waals surface area contributed by atoms with Gasteiger partial charge in [0.05, 0.1) is 0 Å². The minimum absolute atomic E-state index is 0.169. The molecule has 0 aliphatic rings. The van der Waals surface area contributed by atoms with Gasteiger partial charge < -0.3 is 10.1 Å². The van der Waals surface area contributed by atoms with E-state index in [2.05, 4.69) is 5.32 Å². The number of unbranched alkanes of at least 4 members (excludes halogenated alkanes) is 2. The highest BCUT2D eigenvalue weighted by molar-refractivity contribution is 5.91. The quantitative estimate of drug-likeness (QED) is 0.258. The number of hydroxylamine groups is 1. The minimum Gasteiger partial charge on any atom is -0.457 e. The molecule has 0 spiro atoms. The number of benzene rings is 2. The van der Waals surface area contributed by atoms with Crippen LogP contribution < -0.4 is 15.5 Å². The molecule has 0 aliphatic heterocycles. The molecule has 0 fully saturated rings. The monoisotopic (exact) mass is 368 g/mol. The van der Waals surface area contributed by atoms with Gasteiger partial charge in [-0.2, -0.15) is 0 Å². The van der Waals surface area contributed by atoms with Crippen molar-refractivity contribution in [1.82, 2.24) is 10.8 Å². The van der Waals surface area contributed by atoms with Gasteiger partial charge in [-0.1, -0.05) is 36.8 Å². The molecule has 2 aromatic rings. The van der Waals surface area contributed by atoms with Crippen LogP contribution in [0.4, 0.5) is 0 Å². The molecule has 0 radical (unpaired) electrons. The molecule has 0 saturated heterocycles. The summed E-state index contributed by atoms with van der Waals surface area (Å²) in [7, 11) is 0. The van der Waals surface area contributed by atoms with Gasteiger partial charge in [-0.3, -0.25) is 14.8 Å². The van der Waals surface area contributed by atoms with Crippen LogP contribution in [0.25, 0.3) is 6.08 Å². The molecule has 0 aromatic heterocycles. The van der Waals surface area contributed by atoms with Gasteiger partial charge >= 0.3 is 0 Å². The van der Waals surface area contributed by atoms with Crippen LogP contribution in [0.5, 0.6) is 11.5 Å². The molecule has 3 N–H and O–H groups in total. The molecular weight excluding hydrogens is 344 g/mol. The van der Waals surface area contributed by atoms with Gasteiger partial charge in [0.25, 0.3) is 0 Å². The van der Waals surface area contributed by atoms with E-state index in [1.165, 1.54) is 6.08 Å². The third-order valence-electron chi connectivity index (χ3n) is 3.77. The molecule has 2 rings (SSSR count). The van der Waals surface area contributed by atoms with Crippen molar-refractivity contribution in [2.45, 2.75) is 25.7 Å². The normalized spacial score (nSPS) is 10.6. The number of rotatable bonds is 10. The molecule has 6 nitrogen and oxygen atoms in total. The lowest BCUT2D eigenvalue weighted by Gasteiger charge is -2.06. The number of ether oxygens (including phenoxy) is 1. The Morgan fingerprint density at radius 1 is 0.963 bits per heavy atom. The topological polar surface area (TPSA) is 87.7 Å². The van der Waals surface area contributed by atoms with Crippen molar-refractivity contribution in [3.05, 3.63) is 66.2 Å². The maximum atomic E-state index is 11.9. The van der Waals surface area contributed by atoms with E-state index in [0.717, 1.165) is 24.2 Å². The molecule has 0 aliphatic carbocycles. The van der Waals surface area contributed by atoms with Crippen LogP contribution in [-0.2, 0) is 9.59 Å². The van der Waals surface area contributed by atoms with Crippen molar-refractivity contribution in [2.24, 2.45) is 0 Å². The fourth-order valence-corrected chi connectivity index (χ4v) is 2.39. The first-order valence-electron chi connectivity index (χ1n) is 8.89. The van der Waals surface area contributed by atoms with Crippen molar-refractivity contribution < 1.29 is 19.5 Å². The second-order valence-corrected chi connectivity index (χ2v) is 5.96. The average Bonchev–Trinajstić information content (AvgIpc) is 2.70. The van der Waals surface area contributed by atoms with Crippen molar-refractivity contribution in [3.8, 4) is 11.5 Å². The number of amides is 2. The Bertz CT molecular complexity index is 760. The maximum absolute atomic E-state index is 11.9. The molecule has 0 saturated carbocycles. The molecule has 142 valence electrons. The Balaban J connectivity index is 1.72. The summed E-state index contributed by atoms with van der Waals surface area (Å²) in [6, 6.07) is 17.0. The third kappa shape index (κ3) is 8.20. The molecule has 0 atom stereocenters. The van der Waals surface area contributed by atoms with E-state index in [9.17, 15) is 9.59 Å². The molecule has 2 amide bonds. The van der Waals surface area contributed by atoms with Crippen LogP contribution in [0.2, 0.25) is 0 Å². The number of carbonyl (C=O) groups is 2. The van der Waals surface area contributed by atoms with Crippen molar-refractivity contribution >= 4 is 17.9 Å². The Morgan fingerprint density at radius 3 is 2.52 bits per heavy atom. The van der Waals surface area contributed by atoms with Gasteiger partial charge in [-0.15, -0.1) is 0 Å². The van der Waals surface area contributed by atoms with Crippen LogP contribution in [0.3, 0.4) is 0 Å². The molecular formula is C21H24N2O4. The highest BCUT2D eigenvalue weighted by Gasteiger charge is 2.00. The largest absolute Gasteiger partial charge is 0.457 e. The molecule has 2 aromatic carbocycles. The first-order chi connectivity index (χ1) is 13.2. The zero-order valence-electron chi connectivity index (χ0n) is 15.1. The zero-order valence-corrected chi connectivity index (χ0v) is 15.1. The van der Waals surface area contributed by atoms with Gasteiger partial charge in [0.1, 0.15) is 11.5 Å². The first kappa shape index (κ1) is 20.2. The summed E-state index contributed by atoms with van der Waals surface area (Å²) in [4.78, 5) is 22.7. The second-order valence-electron chi connectivity index (χ2n) is 5.96. The van der Waals surface area contributed by atoms with Gasteiger partial charge in [-0.25, -0.2) is 5.48 Å². The lowest BCUT2D eigenvalue weighted by atomic mass is 10.2. The molecule has 0 heterocycles. The number of para-hydroxylation sites is 1. The Morgan fingerprint density at radius 2 is 1.74 bits per heavy atom. The summed E-state index contributed by atoms with van der Waals surface area (Å²) in [5, 5.41) is 11.2. The van der Waals surface area contributed by atoms with Gasteiger partial charge in [-0.05, 0) is 48.7 Å². The van der Waals surface area contributed by atoms with Crippen molar-refractivity contribution in [2.75, 3.05) is 6.54 Å². The number of nitrogens with one attached hydrogen (secondary N) is 2. The summed E-state index contributed by atoms with van der Waals surface area (Å²) in [6.45, 7) is 0.543. The van der Waals surface area contributed by atoms with Gasteiger partial charge in [0.15, 0.2) is 0 Å². The number of hydrogen-bond donors (Lipinski definition) is 3.